The van der Waals surface area contributed by atoms with Gasteiger partial charge in [-0.1, -0.05) is 13.0 Å². The van der Waals surface area contributed by atoms with Crippen LogP contribution in [0.25, 0.3) is 0 Å². The zero-order valence-electron chi connectivity index (χ0n) is 13.9. The molecule has 23 heavy (non-hydrogen) atoms. The average Bonchev–Trinajstić information content (AvgIpc) is 2.53. The van der Waals surface area contributed by atoms with Crippen molar-refractivity contribution in [1.82, 2.24) is 10.2 Å². The highest BCUT2D eigenvalue weighted by atomic mass is 19.3. The van der Waals surface area contributed by atoms with Gasteiger partial charge in [-0.3, -0.25) is 0 Å². The first-order chi connectivity index (χ1) is 11.1. The van der Waals surface area contributed by atoms with Crippen LogP contribution in [0.3, 0.4) is 0 Å². The molecule has 4 nitrogen and oxygen atoms in total. The van der Waals surface area contributed by atoms with E-state index in [2.05, 4.69) is 21.9 Å². The summed E-state index contributed by atoms with van der Waals surface area (Å²) >= 11 is 0. The van der Waals surface area contributed by atoms with Gasteiger partial charge < -0.3 is 19.7 Å². The number of hydrogen-bond donors (Lipinski definition) is 1. The van der Waals surface area contributed by atoms with Crippen molar-refractivity contribution in [2.45, 2.75) is 32.9 Å². The van der Waals surface area contributed by atoms with Crippen LogP contribution >= 0.6 is 0 Å². The predicted octanol–water partition coefficient (Wildman–Crippen LogP) is 3.12. The SMILES string of the molecule is COc1ccc(CNCCN2CCC(C)CC2)cc1OC(F)F. The third-order valence-corrected chi connectivity index (χ3v) is 4.25. The first kappa shape index (κ1) is 17.9. The summed E-state index contributed by atoms with van der Waals surface area (Å²) in [5, 5.41) is 3.35. The smallest absolute Gasteiger partial charge is 0.387 e. The Morgan fingerprint density at radius 1 is 1.26 bits per heavy atom. The molecule has 1 N–H and O–H groups in total. The summed E-state index contributed by atoms with van der Waals surface area (Å²) in [7, 11) is 1.44. The molecule has 1 aliphatic rings. The van der Waals surface area contributed by atoms with Gasteiger partial charge in [-0.15, -0.1) is 0 Å². The maximum absolute atomic E-state index is 12.4. The molecule has 0 aliphatic carbocycles. The standard InChI is InChI=1S/C17H26F2N2O2/c1-13-5-8-21(9-6-13)10-7-20-12-14-3-4-15(22-2)16(11-14)23-17(18)19/h3-4,11,13,17,20H,5-10,12H2,1-2H3. The van der Waals surface area contributed by atoms with Crippen LogP contribution in [0, 0.1) is 5.92 Å². The number of hydrogen-bond acceptors (Lipinski definition) is 4. The summed E-state index contributed by atoms with van der Waals surface area (Å²) < 4.78 is 34.3. The van der Waals surface area contributed by atoms with Crippen molar-refractivity contribution >= 4 is 0 Å². The van der Waals surface area contributed by atoms with Crippen LogP contribution in [0.5, 0.6) is 11.5 Å². The molecule has 2 rings (SSSR count). The molecule has 0 atom stereocenters. The number of ether oxygens (including phenoxy) is 2. The largest absolute Gasteiger partial charge is 0.493 e. The number of benzene rings is 1. The Hall–Kier alpha value is -1.40. The van der Waals surface area contributed by atoms with E-state index in [0.717, 1.165) is 37.7 Å². The normalized spacial score (nSPS) is 16.7. The molecule has 1 fully saturated rings. The predicted molar refractivity (Wildman–Crippen MR) is 86.2 cm³/mol. The van der Waals surface area contributed by atoms with Gasteiger partial charge in [-0.2, -0.15) is 8.78 Å². The van der Waals surface area contributed by atoms with Gasteiger partial charge in [0.15, 0.2) is 11.5 Å². The molecule has 1 heterocycles. The fraction of sp³-hybridized carbons (Fsp3) is 0.647. The third kappa shape index (κ3) is 5.95. The fourth-order valence-electron chi connectivity index (χ4n) is 2.77. The van der Waals surface area contributed by atoms with E-state index < -0.39 is 6.61 Å². The van der Waals surface area contributed by atoms with Gasteiger partial charge in [0.2, 0.25) is 0 Å². The first-order valence-corrected chi connectivity index (χ1v) is 8.13. The van der Waals surface area contributed by atoms with Crippen molar-refractivity contribution in [3.63, 3.8) is 0 Å². The Balaban J connectivity index is 1.76. The number of piperidine rings is 1. The molecule has 6 heteroatoms. The minimum absolute atomic E-state index is 0.0758. The Bertz CT molecular complexity index is 478. The van der Waals surface area contributed by atoms with Gasteiger partial charge in [0.1, 0.15) is 0 Å². The number of methoxy groups -OCH3 is 1. The summed E-state index contributed by atoms with van der Waals surface area (Å²) in [4.78, 5) is 2.46. The van der Waals surface area contributed by atoms with E-state index in [1.54, 1.807) is 12.1 Å². The molecule has 0 spiro atoms. The summed E-state index contributed by atoms with van der Waals surface area (Å²) in [5.74, 6) is 1.23. The van der Waals surface area contributed by atoms with E-state index in [9.17, 15) is 8.78 Å². The lowest BCUT2D eigenvalue weighted by atomic mass is 9.99. The van der Waals surface area contributed by atoms with Gasteiger partial charge in [-0.25, -0.2) is 0 Å². The molecule has 0 saturated carbocycles. The lowest BCUT2D eigenvalue weighted by Crippen LogP contribution is -2.37. The Morgan fingerprint density at radius 3 is 2.65 bits per heavy atom. The van der Waals surface area contributed by atoms with Crippen LogP contribution in [0.15, 0.2) is 18.2 Å². The van der Waals surface area contributed by atoms with Gasteiger partial charge in [0, 0.05) is 19.6 Å². The number of halogens is 2. The topological polar surface area (TPSA) is 33.7 Å². The summed E-state index contributed by atoms with van der Waals surface area (Å²) in [5.41, 5.74) is 0.897. The minimum Gasteiger partial charge on any atom is -0.493 e. The van der Waals surface area contributed by atoms with Crippen LogP contribution in [-0.2, 0) is 6.54 Å². The van der Waals surface area contributed by atoms with Crippen molar-refractivity contribution in [2.24, 2.45) is 5.92 Å². The molecule has 0 bridgehead atoms. The molecule has 1 saturated heterocycles. The molecule has 0 amide bonds. The van der Waals surface area contributed by atoms with E-state index in [0.29, 0.717) is 12.3 Å². The fourth-order valence-corrected chi connectivity index (χ4v) is 2.77. The third-order valence-electron chi connectivity index (χ3n) is 4.25. The van der Waals surface area contributed by atoms with Gasteiger partial charge >= 0.3 is 6.61 Å². The van der Waals surface area contributed by atoms with Crippen LogP contribution in [-0.4, -0.2) is 44.8 Å². The van der Waals surface area contributed by atoms with Crippen molar-refractivity contribution < 1.29 is 18.3 Å². The molecule has 1 aliphatic heterocycles. The van der Waals surface area contributed by atoms with Crippen molar-refractivity contribution in [2.75, 3.05) is 33.3 Å². The first-order valence-electron chi connectivity index (χ1n) is 8.13. The second-order valence-corrected chi connectivity index (χ2v) is 6.06. The highest BCUT2D eigenvalue weighted by Gasteiger charge is 2.15. The number of rotatable bonds is 8. The van der Waals surface area contributed by atoms with Crippen LogP contribution in [0.2, 0.25) is 0 Å². The molecule has 0 unspecified atom stereocenters. The molecular weight excluding hydrogens is 302 g/mol. The minimum atomic E-state index is -2.85. The zero-order chi connectivity index (χ0) is 16.7. The highest BCUT2D eigenvalue weighted by Crippen LogP contribution is 2.29. The Kier molecular flexibility index (Phi) is 7.05. The number of likely N-dealkylation sites (tertiary alicyclic amines) is 1. The van der Waals surface area contributed by atoms with Gasteiger partial charge in [0.05, 0.1) is 7.11 Å². The lowest BCUT2D eigenvalue weighted by Gasteiger charge is -2.30. The van der Waals surface area contributed by atoms with E-state index in [-0.39, 0.29) is 5.75 Å². The Labute approximate surface area is 136 Å². The number of nitrogens with zero attached hydrogens (tertiary/aromatic N) is 1. The van der Waals surface area contributed by atoms with E-state index in [1.165, 1.54) is 20.0 Å². The van der Waals surface area contributed by atoms with Crippen LogP contribution in [0.1, 0.15) is 25.3 Å². The van der Waals surface area contributed by atoms with Crippen molar-refractivity contribution in [1.29, 1.82) is 0 Å². The quantitative estimate of drug-likeness (QED) is 0.744. The van der Waals surface area contributed by atoms with Crippen molar-refractivity contribution in [3.8, 4) is 11.5 Å². The highest BCUT2D eigenvalue weighted by molar-refractivity contribution is 5.42. The second-order valence-electron chi connectivity index (χ2n) is 6.06. The van der Waals surface area contributed by atoms with E-state index in [1.807, 2.05) is 6.07 Å². The van der Waals surface area contributed by atoms with Gasteiger partial charge in [-0.05, 0) is 49.5 Å². The molecule has 1 aromatic carbocycles. The van der Waals surface area contributed by atoms with Gasteiger partial charge in [0.25, 0.3) is 0 Å². The molecule has 0 aromatic heterocycles. The maximum atomic E-state index is 12.4. The monoisotopic (exact) mass is 328 g/mol. The summed E-state index contributed by atoms with van der Waals surface area (Å²) in [6.07, 6.45) is 2.54. The second kappa shape index (κ2) is 9.03. The Morgan fingerprint density at radius 2 is 2.00 bits per heavy atom. The number of nitrogens with one attached hydrogen (secondary N) is 1. The number of alkyl halides is 2. The lowest BCUT2D eigenvalue weighted by molar-refractivity contribution is -0.0512. The molecule has 0 radical (unpaired) electrons. The van der Waals surface area contributed by atoms with E-state index >= 15 is 0 Å². The zero-order valence-corrected chi connectivity index (χ0v) is 13.9. The molecule has 1 aromatic rings. The molecular formula is C17H26F2N2O2. The van der Waals surface area contributed by atoms with Crippen LogP contribution < -0.4 is 14.8 Å². The average molecular weight is 328 g/mol. The maximum Gasteiger partial charge on any atom is 0.387 e. The van der Waals surface area contributed by atoms with Crippen molar-refractivity contribution in [3.05, 3.63) is 23.8 Å². The summed E-state index contributed by atoms with van der Waals surface area (Å²) in [6, 6.07) is 5.11. The van der Waals surface area contributed by atoms with E-state index in [4.69, 9.17) is 4.74 Å². The molecule has 130 valence electrons. The summed E-state index contributed by atoms with van der Waals surface area (Å²) in [6.45, 7) is 4.30. The van der Waals surface area contributed by atoms with Crippen LogP contribution in [0.4, 0.5) is 8.78 Å².